The van der Waals surface area contributed by atoms with Crippen molar-refractivity contribution in [3.63, 3.8) is 0 Å². The number of carbonyl (C=O) groups is 1. The lowest BCUT2D eigenvalue weighted by molar-refractivity contribution is -0.127. The SMILES string of the molecule is NCC1CCC(C(=O)NC(CO)c2ccccc2)CC1. The van der Waals surface area contributed by atoms with Gasteiger partial charge in [0.25, 0.3) is 0 Å². The average Bonchev–Trinajstić information content (AvgIpc) is 2.53. The van der Waals surface area contributed by atoms with Crippen LogP contribution in [-0.2, 0) is 4.79 Å². The lowest BCUT2D eigenvalue weighted by Crippen LogP contribution is -2.37. The average molecular weight is 276 g/mol. The molecule has 1 aliphatic rings. The molecule has 20 heavy (non-hydrogen) atoms. The Balaban J connectivity index is 1.90. The topological polar surface area (TPSA) is 75.4 Å². The smallest absolute Gasteiger partial charge is 0.223 e. The number of carbonyl (C=O) groups excluding carboxylic acids is 1. The summed E-state index contributed by atoms with van der Waals surface area (Å²) in [5.74, 6) is 0.695. The number of amides is 1. The third-order valence-electron chi connectivity index (χ3n) is 4.25. The molecule has 1 aliphatic carbocycles. The largest absolute Gasteiger partial charge is 0.394 e. The third-order valence-corrected chi connectivity index (χ3v) is 4.25. The second kappa shape index (κ2) is 7.41. The molecule has 0 aliphatic heterocycles. The Morgan fingerprint density at radius 2 is 1.90 bits per heavy atom. The highest BCUT2D eigenvalue weighted by molar-refractivity contribution is 5.79. The van der Waals surface area contributed by atoms with E-state index in [2.05, 4.69) is 5.32 Å². The minimum absolute atomic E-state index is 0.0587. The zero-order valence-corrected chi connectivity index (χ0v) is 11.8. The van der Waals surface area contributed by atoms with Gasteiger partial charge in [0.15, 0.2) is 0 Å². The minimum Gasteiger partial charge on any atom is -0.394 e. The molecule has 1 aromatic carbocycles. The summed E-state index contributed by atoms with van der Waals surface area (Å²) in [4.78, 5) is 12.3. The van der Waals surface area contributed by atoms with Gasteiger partial charge in [-0.3, -0.25) is 4.79 Å². The van der Waals surface area contributed by atoms with Gasteiger partial charge in [-0.15, -0.1) is 0 Å². The highest BCUT2D eigenvalue weighted by Gasteiger charge is 2.27. The number of nitrogens with two attached hydrogens (primary N) is 1. The first-order valence-corrected chi connectivity index (χ1v) is 7.40. The second-order valence-corrected chi connectivity index (χ2v) is 5.61. The van der Waals surface area contributed by atoms with Crippen molar-refractivity contribution in [3.8, 4) is 0 Å². The van der Waals surface area contributed by atoms with Crippen LogP contribution in [0.25, 0.3) is 0 Å². The van der Waals surface area contributed by atoms with Crippen LogP contribution in [0.5, 0.6) is 0 Å². The Labute approximate surface area is 120 Å². The summed E-state index contributed by atoms with van der Waals surface area (Å²) in [5.41, 5.74) is 6.61. The van der Waals surface area contributed by atoms with Crippen LogP contribution in [0, 0.1) is 11.8 Å². The van der Waals surface area contributed by atoms with Gasteiger partial charge in [0.2, 0.25) is 5.91 Å². The normalized spacial score (nSPS) is 24.1. The van der Waals surface area contributed by atoms with Crippen molar-refractivity contribution >= 4 is 5.91 Å². The summed E-state index contributed by atoms with van der Waals surface area (Å²) < 4.78 is 0. The molecule has 0 heterocycles. The summed E-state index contributed by atoms with van der Waals surface area (Å²) in [7, 11) is 0. The Bertz CT molecular complexity index is 414. The van der Waals surface area contributed by atoms with E-state index in [1.54, 1.807) is 0 Å². The van der Waals surface area contributed by atoms with E-state index < -0.39 is 0 Å². The van der Waals surface area contributed by atoms with Gasteiger partial charge >= 0.3 is 0 Å². The standard InChI is InChI=1S/C16H24N2O2/c17-10-12-6-8-14(9-7-12)16(20)18-15(11-19)13-4-2-1-3-5-13/h1-5,12,14-15,19H,6-11,17H2,(H,18,20). The summed E-state index contributed by atoms with van der Waals surface area (Å²) in [6.07, 6.45) is 3.87. The Morgan fingerprint density at radius 1 is 1.25 bits per heavy atom. The van der Waals surface area contributed by atoms with Gasteiger partial charge in [-0.2, -0.15) is 0 Å². The molecular formula is C16H24N2O2. The highest BCUT2D eigenvalue weighted by Crippen LogP contribution is 2.28. The van der Waals surface area contributed by atoms with Crippen molar-refractivity contribution < 1.29 is 9.90 Å². The number of benzene rings is 1. The molecule has 1 unspecified atom stereocenters. The molecule has 1 fully saturated rings. The van der Waals surface area contributed by atoms with Gasteiger partial charge in [-0.1, -0.05) is 30.3 Å². The maximum Gasteiger partial charge on any atom is 0.223 e. The van der Waals surface area contributed by atoms with Crippen molar-refractivity contribution in [2.24, 2.45) is 17.6 Å². The molecule has 4 heteroatoms. The predicted molar refractivity (Wildman–Crippen MR) is 78.9 cm³/mol. The Kier molecular flexibility index (Phi) is 5.56. The number of nitrogens with one attached hydrogen (secondary N) is 1. The number of hydrogen-bond donors (Lipinski definition) is 3. The Hall–Kier alpha value is -1.39. The molecule has 1 saturated carbocycles. The minimum atomic E-state index is -0.309. The number of hydrogen-bond acceptors (Lipinski definition) is 3. The van der Waals surface area contributed by atoms with E-state index >= 15 is 0 Å². The summed E-state index contributed by atoms with van der Waals surface area (Å²) in [5, 5.41) is 12.4. The van der Waals surface area contributed by atoms with Gasteiger partial charge in [0, 0.05) is 5.92 Å². The van der Waals surface area contributed by atoms with Crippen LogP contribution in [-0.4, -0.2) is 24.2 Å². The monoisotopic (exact) mass is 276 g/mol. The van der Waals surface area contributed by atoms with Crippen LogP contribution in [0.3, 0.4) is 0 Å². The fraction of sp³-hybridized carbons (Fsp3) is 0.562. The number of aliphatic hydroxyl groups excluding tert-OH is 1. The van der Waals surface area contributed by atoms with Crippen molar-refractivity contribution in [2.45, 2.75) is 31.7 Å². The molecule has 2 rings (SSSR count). The Morgan fingerprint density at radius 3 is 2.45 bits per heavy atom. The van der Waals surface area contributed by atoms with Crippen molar-refractivity contribution in [3.05, 3.63) is 35.9 Å². The quantitative estimate of drug-likeness (QED) is 0.764. The van der Waals surface area contributed by atoms with Gasteiger partial charge in [0.1, 0.15) is 0 Å². The lowest BCUT2D eigenvalue weighted by Gasteiger charge is -2.28. The molecule has 4 N–H and O–H groups in total. The maximum absolute atomic E-state index is 12.3. The lowest BCUT2D eigenvalue weighted by atomic mass is 9.81. The molecule has 1 amide bonds. The fourth-order valence-electron chi connectivity index (χ4n) is 2.87. The number of aliphatic hydroxyl groups is 1. The van der Waals surface area contributed by atoms with Crippen LogP contribution in [0.2, 0.25) is 0 Å². The molecule has 1 atom stereocenters. The highest BCUT2D eigenvalue weighted by atomic mass is 16.3. The molecule has 1 aromatic rings. The van der Waals surface area contributed by atoms with Crippen LogP contribution >= 0.6 is 0 Å². The van der Waals surface area contributed by atoms with Gasteiger partial charge in [-0.05, 0) is 43.7 Å². The van der Waals surface area contributed by atoms with Crippen molar-refractivity contribution in [1.82, 2.24) is 5.32 Å². The molecule has 0 bridgehead atoms. The van der Waals surface area contributed by atoms with E-state index in [4.69, 9.17) is 5.73 Å². The predicted octanol–water partition coefficient (Wildman–Crippen LogP) is 1.60. The fourth-order valence-corrected chi connectivity index (χ4v) is 2.87. The zero-order valence-electron chi connectivity index (χ0n) is 11.8. The summed E-state index contributed by atoms with van der Waals surface area (Å²) in [6.45, 7) is 0.644. The first kappa shape index (κ1) is 15.0. The molecule has 110 valence electrons. The van der Waals surface area contributed by atoms with E-state index in [9.17, 15) is 9.90 Å². The van der Waals surface area contributed by atoms with Crippen molar-refractivity contribution in [2.75, 3.05) is 13.2 Å². The van der Waals surface area contributed by atoms with Gasteiger partial charge < -0.3 is 16.2 Å². The summed E-state index contributed by atoms with van der Waals surface area (Å²) in [6, 6.07) is 9.29. The van der Waals surface area contributed by atoms with Crippen LogP contribution in [0.1, 0.15) is 37.3 Å². The molecule has 0 aromatic heterocycles. The zero-order chi connectivity index (χ0) is 14.4. The van der Waals surface area contributed by atoms with Crippen molar-refractivity contribution in [1.29, 1.82) is 0 Å². The second-order valence-electron chi connectivity index (χ2n) is 5.61. The van der Waals surface area contributed by atoms with Crippen LogP contribution in [0.4, 0.5) is 0 Å². The molecule has 0 radical (unpaired) electrons. The van der Waals surface area contributed by atoms with E-state index in [0.29, 0.717) is 5.92 Å². The third kappa shape index (κ3) is 3.81. The van der Waals surface area contributed by atoms with E-state index in [-0.39, 0.29) is 24.5 Å². The van der Waals surface area contributed by atoms with Gasteiger partial charge in [-0.25, -0.2) is 0 Å². The van der Waals surface area contributed by atoms with E-state index in [1.807, 2.05) is 30.3 Å². The van der Waals surface area contributed by atoms with Crippen LogP contribution < -0.4 is 11.1 Å². The van der Waals surface area contributed by atoms with E-state index in [1.165, 1.54) is 0 Å². The van der Waals surface area contributed by atoms with Crippen LogP contribution in [0.15, 0.2) is 30.3 Å². The maximum atomic E-state index is 12.3. The molecule has 0 spiro atoms. The first-order valence-electron chi connectivity index (χ1n) is 7.40. The first-order chi connectivity index (χ1) is 9.74. The summed E-state index contributed by atoms with van der Waals surface area (Å²) >= 11 is 0. The number of rotatable bonds is 5. The molecule has 0 saturated heterocycles. The molecule has 4 nitrogen and oxygen atoms in total. The molecular weight excluding hydrogens is 252 g/mol. The van der Waals surface area contributed by atoms with E-state index in [0.717, 1.165) is 37.8 Å². The van der Waals surface area contributed by atoms with Gasteiger partial charge in [0.05, 0.1) is 12.6 Å².